The average Bonchev–Trinajstić information content (AvgIpc) is 3.07. The van der Waals surface area contributed by atoms with E-state index in [9.17, 15) is 13.2 Å². The van der Waals surface area contributed by atoms with Crippen molar-refractivity contribution in [2.75, 3.05) is 10.0 Å². The third-order valence-corrected chi connectivity index (χ3v) is 5.29. The predicted octanol–water partition coefficient (Wildman–Crippen LogP) is 3.40. The molecule has 1 amide bonds. The number of nitrogens with zero attached hydrogens (tertiary/aromatic N) is 2. The van der Waals surface area contributed by atoms with Crippen LogP contribution in [0.3, 0.4) is 0 Å². The standard InChI is InChI=1S/C18H17ClN4O4S/c1-12-20-18(27-22-12)10-9-17(24)21-15-3-2-4-16(11-15)28(25,26)23-14-7-5-13(19)6-8-14/h2-8,11,23H,9-10H2,1H3,(H,21,24). The van der Waals surface area contributed by atoms with Gasteiger partial charge in [-0.2, -0.15) is 4.98 Å². The van der Waals surface area contributed by atoms with Gasteiger partial charge < -0.3 is 9.84 Å². The lowest BCUT2D eigenvalue weighted by Crippen LogP contribution is -2.15. The number of benzene rings is 2. The first-order valence-electron chi connectivity index (χ1n) is 8.29. The molecular formula is C18H17ClN4O4S. The Labute approximate surface area is 167 Å². The molecule has 0 aliphatic heterocycles. The highest BCUT2D eigenvalue weighted by atomic mass is 35.5. The van der Waals surface area contributed by atoms with E-state index in [1.54, 1.807) is 43.3 Å². The highest BCUT2D eigenvalue weighted by Gasteiger charge is 2.15. The Morgan fingerprint density at radius 2 is 1.89 bits per heavy atom. The van der Waals surface area contributed by atoms with E-state index in [2.05, 4.69) is 20.2 Å². The van der Waals surface area contributed by atoms with Crippen LogP contribution in [-0.4, -0.2) is 24.5 Å². The van der Waals surface area contributed by atoms with Gasteiger partial charge in [0.1, 0.15) is 0 Å². The van der Waals surface area contributed by atoms with Gasteiger partial charge in [0.15, 0.2) is 5.82 Å². The van der Waals surface area contributed by atoms with Crippen LogP contribution in [-0.2, 0) is 21.2 Å². The molecule has 2 aromatic carbocycles. The lowest BCUT2D eigenvalue weighted by Gasteiger charge is -2.10. The van der Waals surface area contributed by atoms with Gasteiger partial charge in [0.2, 0.25) is 11.8 Å². The third-order valence-electron chi connectivity index (χ3n) is 3.66. The molecule has 0 spiro atoms. The number of hydrogen-bond donors (Lipinski definition) is 2. The molecule has 1 aromatic heterocycles. The lowest BCUT2D eigenvalue weighted by atomic mass is 10.2. The molecular weight excluding hydrogens is 404 g/mol. The summed E-state index contributed by atoms with van der Waals surface area (Å²) in [5.41, 5.74) is 0.749. The molecule has 0 fully saturated rings. The largest absolute Gasteiger partial charge is 0.339 e. The zero-order valence-corrected chi connectivity index (χ0v) is 16.4. The SMILES string of the molecule is Cc1noc(CCC(=O)Nc2cccc(S(=O)(=O)Nc3ccc(Cl)cc3)c2)n1. The number of carbonyl (C=O) groups excluding carboxylic acids is 1. The molecule has 0 bridgehead atoms. The van der Waals surface area contributed by atoms with E-state index >= 15 is 0 Å². The van der Waals surface area contributed by atoms with Crippen LogP contribution in [0.4, 0.5) is 11.4 Å². The Kier molecular flexibility index (Phi) is 5.96. The van der Waals surface area contributed by atoms with Crippen molar-refractivity contribution in [3.8, 4) is 0 Å². The molecule has 3 aromatic rings. The molecule has 3 rings (SSSR count). The number of anilines is 2. The summed E-state index contributed by atoms with van der Waals surface area (Å²) in [6.07, 6.45) is 0.421. The van der Waals surface area contributed by atoms with E-state index in [4.69, 9.17) is 16.1 Å². The van der Waals surface area contributed by atoms with Crippen LogP contribution in [0.15, 0.2) is 57.9 Å². The van der Waals surface area contributed by atoms with Crippen molar-refractivity contribution in [1.29, 1.82) is 0 Å². The molecule has 2 N–H and O–H groups in total. The predicted molar refractivity (Wildman–Crippen MR) is 105 cm³/mol. The van der Waals surface area contributed by atoms with E-state index in [0.29, 0.717) is 34.5 Å². The fourth-order valence-corrected chi connectivity index (χ4v) is 3.59. The average molecular weight is 421 g/mol. The Bertz CT molecular complexity index is 1080. The molecule has 28 heavy (non-hydrogen) atoms. The number of aromatic nitrogens is 2. The Hall–Kier alpha value is -2.91. The zero-order valence-electron chi connectivity index (χ0n) is 14.8. The molecule has 0 radical (unpaired) electrons. The third kappa shape index (κ3) is 5.30. The van der Waals surface area contributed by atoms with Crippen LogP contribution < -0.4 is 10.0 Å². The first-order valence-corrected chi connectivity index (χ1v) is 10.2. The van der Waals surface area contributed by atoms with Crippen LogP contribution in [0.5, 0.6) is 0 Å². The van der Waals surface area contributed by atoms with Gasteiger partial charge in [-0.3, -0.25) is 9.52 Å². The smallest absolute Gasteiger partial charge is 0.261 e. The molecule has 0 unspecified atom stereocenters. The summed E-state index contributed by atoms with van der Waals surface area (Å²) in [4.78, 5) is 16.1. The number of rotatable bonds is 7. The van der Waals surface area contributed by atoms with Gasteiger partial charge in [-0.15, -0.1) is 0 Å². The van der Waals surface area contributed by atoms with Crippen LogP contribution >= 0.6 is 11.6 Å². The highest BCUT2D eigenvalue weighted by Crippen LogP contribution is 2.21. The molecule has 1 heterocycles. The van der Waals surface area contributed by atoms with Crippen molar-refractivity contribution in [3.63, 3.8) is 0 Å². The van der Waals surface area contributed by atoms with Crippen LogP contribution in [0.25, 0.3) is 0 Å². The maximum atomic E-state index is 12.6. The van der Waals surface area contributed by atoms with Crippen LogP contribution in [0.1, 0.15) is 18.1 Å². The molecule has 0 atom stereocenters. The van der Waals surface area contributed by atoms with E-state index in [-0.39, 0.29) is 17.2 Å². The Morgan fingerprint density at radius 1 is 1.14 bits per heavy atom. The van der Waals surface area contributed by atoms with E-state index in [0.717, 1.165) is 0 Å². The second kappa shape index (κ2) is 8.41. The molecule has 10 heteroatoms. The molecule has 0 saturated carbocycles. The molecule has 146 valence electrons. The van der Waals surface area contributed by atoms with Crippen molar-refractivity contribution >= 4 is 38.9 Å². The van der Waals surface area contributed by atoms with E-state index in [1.807, 2.05) is 0 Å². The lowest BCUT2D eigenvalue weighted by molar-refractivity contribution is -0.116. The highest BCUT2D eigenvalue weighted by molar-refractivity contribution is 7.92. The Morgan fingerprint density at radius 3 is 2.57 bits per heavy atom. The van der Waals surface area contributed by atoms with Gasteiger partial charge >= 0.3 is 0 Å². The Balaban J connectivity index is 1.65. The first kappa shape index (κ1) is 19.8. The monoisotopic (exact) mass is 420 g/mol. The summed E-state index contributed by atoms with van der Waals surface area (Å²) in [7, 11) is -3.81. The van der Waals surface area contributed by atoms with E-state index < -0.39 is 10.0 Å². The minimum Gasteiger partial charge on any atom is -0.339 e. The maximum absolute atomic E-state index is 12.6. The van der Waals surface area contributed by atoms with Gasteiger partial charge in [0, 0.05) is 29.2 Å². The molecule has 0 aliphatic rings. The van der Waals surface area contributed by atoms with Crippen LogP contribution in [0.2, 0.25) is 5.02 Å². The van der Waals surface area contributed by atoms with Crippen molar-refractivity contribution in [2.24, 2.45) is 0 Å². The van der Waals surface area contributed by atoms with Gasteiger partial charge in [-0.25, -0.2) is 8.42 Å². The quantitative estimate of drug-likeness (QED) is 0.605. The van der Waals surface area contributed by atoms with Gasteiger partial charge in [0.05, 0.1) is 4.90 Å². The number of amides is 1. The van der Waals surface area contributed by atoms with Gasteiger partial charge in [-0.1, -0.05) is 22.8 Å². The van der Waals surface area contributed by atoms with Gasteiger partial charge in [-0.05, 0) is 49.4 Å². The van der Waals surface area contributed by atoms with Crippen LogP contribution in [0, 0.1) is 6.92 Å². The number of hydrogen-bond acceptors (Lipinski definition) is 6. The summed E-state index contributed by atoms with van der Waals surface area (Å²) in [5.74, 6) is 0.578. The minimum atomic E-state index is -3.81. The fourth-order valence-electron chi connectivity index (χ4n) is 2.36. The van der Waals surface area contributed by atoms with Crippen molar-refractivity contribution in [1.82, 2.24) is 10.1 Å². The summed E-state index contributed by atoms with van der Waals surface area (Å²) < 4.78 is 32.5. The van der Waals surface area contributed by atoms with Crippen molar-refractivity contribution < 1.29 is 17.7 Å². The number of aryl methyl sites for hydroxylation is 2. The summed E-state index contributed by atoms with van der Waals surface area (Å²) >= 11 is 5.80. The number of carbonyl (C=O) groups is 1. The molecule has 0 saturated heterocycles. The number of halogens is 1. The van der Waals surface area contributed by atoms with Crippen molar-refractivity contribution in [2.45, 2.75) is 24.7 Å². The van der Waals surface area contributed by atoms with E-state index in [1.165, 1.54) is 12.1 Å². The minimum absolute atomic E-state index is 0.0211. The first-order chi connectivity index (χ1) is 13.3. The second-order valence-corrected chi connectivity index (χ2v) is 8.04. The molecule has 0 aliphatic carbocycles. The zero-order chi connectivity index (χ0) is 20.1. The van der Waals surface area contributed by atoms with Gasteiger partial charge in [0.25, 0.3) is 10.0 Å². The van der Waals surface area contributed by atoms with Crippen molar-refractivity contribution in [3.05, 3.63) is 65.3 Å². The maximum Gasteiger partial charge on any atom is 0.261 e. The normalized spacial score (nSPS) is 11.2. The fraction of sp³-hybridized carbons (Fsp3) is 0.167. The summed E-state index contributed by atoms with van der Waals surface area (Å²) in [6.45, 7) is 1.69. The summed E-state index contributed by atoms with van der Waals surface area (Å²) in [5, 5.41) is 6.82. The summed E-state index contributed by atoms with van der Waals surface area (Å²) in [6, 6.07) is 12.3. The second-order valence-electron chi connectivity index (χ2n) is 5.92. The topological polar surface area (TPSA) is 114 Å². The number of sulfonamides is 1. The number of nitrogens with one attached hydrogen (secondary N) is 2. The molecule has 8 nitrogen and oxygen atoms in total.